The van der Waals surface area contributed by atoms with Crippen molar-refractivity contribution < 1.29 is 14.4 Å². The van der Waals surface area contributed by atoms with Crippen LogP contribution in [0, 0.1) is 5.41 Å². The van der Waals surface area contributed by atoms with Crippen molar-refractivity contribution >= 4 is 17.7 Å². The Kier molecular flexibility index (Phi) is 4.25. The molecule has 3 aliphatic heterocycles. The van der Waals surface area contributed by atoms with Gasteiger partial charge in [-0.05, 0) is 48.3 Å². The van der Waals surface area contributed by atoms with Crippen LogP contribution in [0.15, 0.2) is 18.2 Å². The van der Waals surface area contributed by atoms with Crippen LogP contribution in [0.5, 0.6) is 0 Å². The molecule has 28 heavy (non-hydrogen) atoms. The molecule has 1 aromatic carbocycles. The number of rotatable bonds is 4. The second-order valence-electron chi connectivity index (χ2n) is 8.80. The Morgan fingerprint density at radius 1 is 1.21 bits per heavy atom. The van der Waals surface area contributed by atoms with Gasteiger partial charge in [0.25, 0.3) is 5.91 Å². The lowest BCUT2D eigenvalue weighted by Crippen LogP contribution is -2.52. The van der Waals surface area contributed by atoms with Gasteiger partial charge in [0.2, 0.25) is 11.8 Å². The Morgan fingerprint density at radius 2 is 2.07 bits per heavy atom. The van der Waals surface area contributed by atoms with Crippen molar-refractivity contribution in [3.8, 4) is 0 Å². The van der Waals surface area contributed by atoms with Gasteiger partial charge in [0.1, 0.15) is 6.04 Å². The number of piperidine rings is 2. The molecule has 1 aromatic rings. The second kappa shape index (κ2) is 6.67. The maximum Gasteiger partial charge on any atom is 0.255 e. The predicted octanol–water partition coefficient (Wildman–Crippen LogP) is 0.679. The van der Waals surface area contributed by atoms with Crippen LogP contribution >= 0.6 is 0 Å². The van der Waals surface area contributed by atoms with E-state index in [1.165, 1.54) is 19.3 Å². The summed E-state index contributed by atoms with van der Waals surface area (Å²) in [5.74, 6) is -0.738. The van der Waals surface area contributed by atoms with Crippen molar-refractivity contribution in [3.05, 3.63) is 34.9 Å². The number of hydrogen-bond acceptors (Lipinski definition) is 5. The van der Waals surface area contributed by atoms with E-state index in [2.05, 4.69) is 22.0 Å². The number of nitrogens with one attached hydrogen (secondary N) is 3. The molecule has 1 spiro atoms. The van der Waals surface area contributed by atoms with Gasteiger partial charge in [-0.25, -0.2) is 0 Å². The summed E-state index contributed by atoms with van der Waals surface area (Å²) in [4.78, 5) is 37.9. The van der Waals surface area contributed by atoms with Crippen molar-refractivity contribution in [1.82, 2.24) is 20.9 Å². The highest BCUT2D eigenvalue weighted by atomic mass is 16.2. The van der Waals surface area contributed by atoms with Crippen LogP contribution in [0.3, 0.4) is 0 Å². The van der Waals surface area contributed by atoms with Crippen LogP contribution in [0.1, 0.15) is 53.6 Å². The quantitative estimate of drug-likeness (QED) is 0.667. The van der Waals surface area contributed by atoms with Gasteiger partial charge in [-0.2, -0.15) is 0 Å². The van der Waals surface area contributed by atoms with E-state index in [0.29, 0.717) is 30.0 Å². The molecule has 3 heterocycles. The molecule has 0 bridgehead atoms. The van der Waals surface area contributed by atoms with Crippen molar-refractivity contribution in [2.45, 2.75) is 57.3 Å². The number of nitrogens with zero attached hydrogens (tertiary/aromatic N) is 1. The summed E-state index contributed by atoms with van der Waals surface area (Å²) >= 11 is 0. The highest BCUT2D eigenvalue weighted by molar-refractivity contribution is 6.05. The van der Waals surface area contributed by atoms with Crippen molar-refractivity contribution in [3.63, 3.8) is 0 Å². The zero-order valence-corrected chi connectivity index (χ0v) is 15.9. The fourth-order valence-corrected chi connectivity index (χ4v) is 4.88. The predicted molar refractivity (Wildman–Crippen MR) is 102 cm³/mol. The van der Waals surface area contributed by atoms with Crippen LogP contribution in [0.2, 0.25) is 0 Å². The van der Waals surface area contributed by atoms with Gasteiger partial charge in [0.05, 0.1) is 0 Å². The van der Waals surface area contributed by atoms with E-state index in [4.69, 9.17) is 0 Å². The van der Waals surface area contributed by atoms with Gasteiger partial charge in [-0.1, -0.05) is 12.1 Å². The van der Waals surface area contributed by atoms with Gasteiger partial charge in [-0.15, -0.1) is 0 Å². The average molecular weight is 382 g/mol. The standard InChI is InChI=1S/C21H26N4O3/c26-18-4-3-17(19(27)24-18)25-11-14-7-13(1-2-16(14)20(25)28)9-23-15-8-21(5-6-21)12-22-10-15/h1-2,7,15,17,22-23H,3-6,8-12H2,(H,24,26,27). The summed E-state index contributed by atoms with van der Waals surface area (Å²) in [6, 6.07) is 5.89. The van der Waals surface area contributed by atoms with Crippen molar-refractivity contribution in [2.75, 3.05) is 13.1 Å². The first-order valence-corrected chi connectivity index (χ1v) is 10.2. The number of carbonyl (C=O) groups is 3. The molecule has 7 nitrogen and oxygen atoms in total. The summed E-state index contributed by atoms with van der Waals surface area (Å²) in [7, 11) is 0. The normalized spacial score (nSPS) is 28.4. The second-order valence-corrected chi connectivity index (χ2v) is 8.80. The monoisotopic (exact) mass is 382 g/mol. The van der Waals surface area contributed by atoms with E-state index in [9.17, 15) is 14.4 Å². The molecule has 148 valence electrons. The molecular formula is C21H26N4O3. The number of benzene rings is 1. The summed E-state index contributed by atoms with van der Waals surface area (Å²) < 4.78 is 0. The molecule has 1 saturated carbocycles. The fourth-order valence-electron chi connectivity index (χ4n) is 4.88. The Hall–Kier alpha value is -2.25. The molecule has 4 aliphatic rings. The maximum absolute atomic E-state index is 12.8. The molecule has 3 amide bonds. The number of fused-ring (bicyclic) bond motifs is 1. The Bertz CT molecular complexity index is 848. The smallest absolute Gasteiger partial charge is 0.255 e. The third-order valence-electron chi connectivity index (χ3n) is 6.71. The van der Waals surface area contributed by atoms with Gasteiger partial charge >= 0.3 is 0 Å². The zero-order chi connectivity index (χ0) is 19.3. The molecule has 0 radical (unpaired) electrons. The molecule has 0 aromatic heterocycles. The van der Waals surface area contributed by atoms with Crippen LogP contribution in [0.25, 0.3) is 0 Å². The molecule has 7 heteroatoms. The number of carbonyl (C=O) groups excluding carboxylic acids is 3. The van der Waals surface area contributed by atoms with Crippen molar-refractivity contribution in [1.29, 1.82) is 0 Å². The number of amides is 3. The Labute approximate surface area is 164 Å². The zero-order valence-electron chi connectivity index (χ0n) is 15.9. The van der Waals surface area contributed by atoms with Crippen LogP contribution in [-0.4, -0.2) is 47.8 Å². The maximum atomic E-state index is 12.8. The summed E-state index contributed by atoms with van der Waals surface area (Å²) in [6.45, 7) is 3.38. The van der Waals surface area contributed by atoms with Gasteiger partial charge in [0, 0.05) is 44.2 Å². The van der Waals surface area contributed by atoms with Gasteiger partial charge in [0.15, 0.2) is 0 Å². The van der Waals surface area contributed by atoms with Crippen LogP contribution in [0.4, 0.5) is 0 Å². The third kappa shape index (κ3) is 3.22. The molecule has 5 rings (SSSR count). The molecule has 2 unspecified atom stereocenters. The highest BCUT2D eigenvalue weighted by Crippen LogP contribution is 2.50. The fraction of sp³-hybridized carbons (Fsp3) is 0.571. The number of hydrogen-bond donors (Lipinski definition) is 3. The topological polar surface area (TPSA) is 90.5 Å². The largest absolute Gasteiger partial charge is 0.322 e. The summed E-state index contributed by atoms with van der Waals surface area (Å²) in [5, 5.41) is 9.55. The van der Waals surface area contributed by atoms with Gasteiger partial charge < -0.3 is 15.5 Å². The minimum absolute atomic E-state index is 0.115. The molecule has 1 aliphatic carbocycles. The third-order valence-corrected chi connectivity index (χ3v) is 6.71. The first-order valence-electron chi connectivity index (χ1n) is 10.2. The lowest BCUT2D eigenvalue weighted by atomic mass is 9.92. The van der Waals surface area contributed by atoms with E-state index in [-0.39, 0.29) is 24.1 Å². The van der Waals surface area contributed by atoms with E-state index in [1.54, 1.807) is 4.90 Å². The summed E-state index contributed by atoms with van der Waals surface area (Å²) in [5.41, 5.74) is 3.34. The minimum Gasteiger partial charge on any atom is -0.322 e. The lowest BCUT2D eigenvalue weighted by molar-refractivity contribution is -0.136. The molecule has 2 saturated heterocycles. The SMILES string of the molecule is O=C1CCC(N2Cc3cc(CNC4CNCC5(CC5)C4)ccc3C2=O)C(=O)N1. The molecule has 2 atom stereocenters. The molecular weight excluding hydrogens is 356 g/mol. The minimum atomic E-state index is -0.554. The van der Waals surface area contributed by atoms with Crippen LogP contribution < -0.4 is 16.0 Å². The summed E-state index contributed by atoms with van der Waals surface area (Å²) in [6.07, 6.45) is 4.61. The molecule has 3 N–H and O–H groups in total. The van der Waals surface area contributed by atoms with E-state index < -0.39 is 6.04 Å². The highest BCUT2D eigenvalue weighted by Gasteiger charge is 2.45. The van der Waals surface area contributed by atoms with E-state index in [1.807, 2.05) is 12.1 Å². The van der Waals surface area contributed by atoms with Crippen molar-refractivity contribution in [2.24, 2.45) is 5.41 Å². The Balaban J connectivity index is 1.24. The van der Waals surface area contributed by atoms with E-state index >= 15 is 0 Å². The van der Waals surface area contributed by atoms with E-state index in [0.717, 1.165) is 30.8 Å². The average Bonchev–Trinajstić information content (AvgIpc) is 3.34. The number of imide groups is 1. The first-order chi connectivity index (χ1) is 13.5. The first kappa shape index (κ1) is 17.8. The Morgan fingerprint density at radius 3 is 2.86 bits per heavy atom. The lowest BCUT2D eigenvalue weighted by Gasteiger charge is -2.31. The van der Waals surface area contributed by atoms with Crippen LogP contribution in [-0.2, 0) is 22.7 Å². The van der Waals surface area contributed by atoms with Gasteiger partial charge in [-0.3, -0.25) is 19.7 Å². The molecule has 3 fully saturated rings.